The number of ether oxygens (including phenoxy) is 1. The number of nitrogens with one attached hydrogen (secondary N) is 4. The number of amides is 5. The Morgan fingerprint density at radius 2 is 1.59 bits per heavy atom. The average molecular weight is 738 g/mol. The summed E-state index contributed by atoms with van der Waals surface area (Å²) in [7, 11) is -2.25. The van der Waals surface area contributed by atoms with Crippen molar-refractivity contribution in [2.75, 3.05) is 26.0 Å². The molecule has 0 unspecified atom stereocenters. The molecule has 4 fully saturated rings. The van der Waals surface area contributed by atoms with Crippen molar-refractivity contribution in [1.82, 2.24) is 26.2 Å². The third-order valence-electron chi connectivity index (χ3n) is 11.8. The number of Topliss-reactive ketones (excluding diaryl/α,β-unsaturated/α-hetero) is 1. The first-order valence-corrected chi connectivity index (χ1v) is 20.5. The normalized spacial score (nSPS) is 25.2. The van der Waals surface area contributed by atoms with Crippen molar-refractivity contribution in [3.05, 3.63) is 0 Å². The number of piperidine rings is 1. The topological polar surface area (TPSA) is 180 Å². The fourth-order valence-electron chi connectivity index (χ4n) is 8.14. The standard InChI is InChI=1S/C37H63N5O8S/c1-10-11-15-25(28(43)31(45)38-23-16-17-23)39-30(44)27-26-24(36(26,7)8)20-42(27)32(46)29(34(2,3)4)40-33(47)41-37(18-13-12-14-19-37)22-51(48,49)35(5,6)21-50-9/h23-27,29H,10-22H2,1-9H3,(H,38,45)(H,39,44)(H2,40,41,47)/t24-,25-,26-,27-,29+/m0/s1. The highest BCUT2D eigenvalue weighted by Crippen LogP contribution is 2.65. The molecule has 5 atom stereocenters. The number of carbonyl (C=O) groups is 5. The molecule has 0 bridgehead atoms. The fourth-order valence-corrected chi connectivity index (χ4v) is 9.92. The molecule has 5 amide bonds. The fraction of sp³-hybridized carbons (Fsp3) is 0.865. The lowest BCUT2D eigenvalue weighted by atomic mass is 9.83. The van der Waals surface area contributed by atoms with Gasteiger partial charge < -0.3 is 30.9 Å². The molecule has 14 heteroatoms. The number of likely N-dealkylation sites (tertiary alicyclic amines) is 1. The summed E-state index contributed by atoms with van der Waals surface area (Å²) >= 11 is 0. The van der Waals surface area contributed by atoms with Gasteiger partial charge in [0, 0.05) is 19.7 Å². The molecular weight excluding hydrogens is 675 g/mol. The summed E-state index contributed by atoms with van der Waals surface area (Å²) in [5.74, 6) is -2.61. The van der Waals surface area contributed by atoms with Crippen LogP contribution in [0.3, 0.4) is 0 Å². The van der Waals surface area contributed by atoms with E-state index >= 15 is 0 Å². The van der Waals surface area contributed by atoms with Gasteiger partial charge >= 0.3 is 6.03 Å². The minimum atomic E-state index is -3.71. The summed E-state index contributed by atoms with van der Waals surface area (Å²) in [5.41, 5.74) is -1.99. The zero-order valence-electron chi connectivity index (χ0n) is 32.3. The highest BCUT2D eigenvalue weighted by atomic mass is 32.2. The number of methoxy groups -OCH3 is 1. The number of ketones is 1. The zero-order chi connectivity index (χ0) is 38.2. The van der Waals surface area contributed by atoms with E-state index in [9.17, 15) is 32.4 Å². The van der Waals surface area contributed by atoms with Gasteiger partial charge in [-0.1, -0.05) is 73.6 Å². The molecule has 1 aliphatic heterocycles. The average Bonchev–Trinajstić information content (AvgIpc) is 3.87. The van der Waals surface area contributed by atoms with E-state index in [1.165, 1.54) is 12.0 Å². The molecule has 4 aliphatic rings. The summed E-state index contributed by atoms with van der Waals surface area (Å²) in [6.45, 7) is 15.2. The van der Waals surface area contributed by atoms with Crippen molar-refractivity contribution >= 4 is 39.4 Å². The summed E-state index contributed by atoms with van der Waals surface area (Å²) in [6.07, 6.45) is 6.80. The Labute approximate surface area is 304 Å². The quantitative estimate of drug-likeness (QED) is 0.174. The third-order valence-corrected chi connectivity index (χ3v) is 14.5. The number of hydrogen-bond acceptors (Lipinski definition) is 8. The van der Waals surface area contributed by atoms with E-state index in [4.69, 9.17) is 4.74 Å². The molecule has 0 aromatic carbocycles. The molecule has 13 nitrogen and oxygen atoms in total. The molecule has 1 heterocycles. The summed E-state index contributed by atoms with van der Waals surface area (Å²) < 4.78 is 31.3. The predicted octanol–water partition coefficient (Wildman–Crippen LogP) is 3.25. The third kappa shape index (κ3) is 9.26. The molecule has 4 N–H and O–H groups in total. The molecule has 4 rings (SSSR count). The minimum absolute atomic E-state index is 0.00104. The smallest absolute Gasteiger partial charge is 0.315 e. The lowest BCUT2D eigenvalue weighted by molar-refractivity contribution is -0.145. The Hall–Kier alpha value is -2.74. The van der Waals surface area contributed by atoms with E-state index in [-0.39, 0.29) is 35.7 Å². The maximum atomic E-state index is 14.5. The van der Waals surface area contributed by atoms with E-state index < -0.39 is 73.2 Å². The van der Waals surface area contributed by atoms with Gasteiger partial charge in [-0.15, -0.1) is 0 Å². The van der Waals surface area contributed by atoms with Crippen LogP contribution in [-0.2, 0) is 33.8 Å². The number of fused-ring (bicyclic) bond motifs is 1. The SMILES string of the molecule is CCCC[C@H](NC(=O)[C@@H]1[C@@H]2[C@H](CN1C(=O)[C@@H](NC(=O)NC1(CS(=O)(=O)C(C)(C)COC)CCCCC1)C(C)(C)C)C2(C)C)C(=O)C(=O)NC1CC1. The van der Waals surface area contributed by atoms with Crippen LogP contribution in [0.15, 0.2) is 0 Å². The van der Waals surface area contributed by atoms with Crippen molar-refractivity contribution in [3.8, 4) is 0 Å². The molecule has 1 saturated heterocycles. The van der Waals surface area contributed by atoms with Crippen LogP contribution in [0.1, 0.15) is 120 Å². The maximum absolute atomic E-state index is 14.5. The summed E-state index contributed by atoms with van der Waals surface area (Å²) in [4.78, 5) is 69.9. The molecule has 0 spiro atoms. The Bertz CT molecular complexity index is 1440. The molecular formula is C37H63N5O8S. The molecule has 0 radical (unpaired) electrons. The lowest BCUT2D eigenvalue weighted by Crippen LogP contribution is -2.64. The first-order chi connectivity index (χ1) is 23.6. The van der Waals surface area contributed by atoms with Gasteiger partial charge in [-0.25, -0.2) is 13.2 Å². The Balaban J connectivity index is 1.54. The molecule has 290 valence electrons. The highest BCUT2D eigenvalue weighted by molar-refractivity contribution is 7.92. The van der Waals surface area contributed by atoms with Crippen LogP contribution in [-0.4, -0.2) is 103 Å². The van der Waals surface area contributed by atoms with Gasteiger partial charge in [-0.2, -0.15) is 0 Å². The first kappa shape index (κ1) is 41.0. The van der Waals surface area contributed by atoms with E-state index in [0.29, 0.717) is 32.2 Å². The van der Waals surface area contributed by atoms with Crippen LogP contribution < -0.4 is 21.3 Å². The number of unbranched alkanes of at least 4 members (excludes halogenated alkanes) is 1. The zero-order valence-corrected chi connectivity index (χ0v) is 33.1. The van der Waals surface area contributed by atoms with Crippen LogP contribution in [0.5, 0.6) is 0 Å². The van der Waals surface area contributed by atoms with E-state index in [1.807, 2.05) is 27.7 Å². The van der Waals surface area contributed by atoms with Gasteiger partial charge in [-0.05, 0) is 68.6 Å². The molecule has 3 saturated carbocycles. The van der Waals surface area contributed by atoms with Crippen molar-refractivity contribution in [3.63, 3.8) is 0 Å². The molecule has 0 aromatic heterocycles. The minimum Gasteiger partial charge on any atom is -0.383 e. The number of rotatable bonds is 16. The van der Waals surface area contributed by atoms with E-state index in [1.54, 1.807) is 13.8 Å². The number of urea groups is 1. The van der Waals surface area contributed by atoms with Crippen LogP contribution in [0, 0.1) is 22.7 Å². The van der Waals surface area contributed by atoms with Gasteiger partial charge in [0.05, 0.1) is 28.7 Å². The number of hydrogen-bond donors (Lipinski definition) is 4. The maximum Gasteiger partial charge on any atom is 0.315 e. The summed E-state index contributed by atoms with van der Waals surface area (Å²) in [6, 6.07) is -3.57. The van der Waals surface area contributed by atoms with E-state index in [0.717, 1.165) is 38.5 Å². The van der Waals surface area contributed by atoms with Gasteiger partial charge in [0.25, 0.3) is 5.91 Å². The Morgan fingerprint density at radius 1 is 0.961 bits per heavy atom. The molecule has 3 aliphatic carbocycles. The molecule has 51 heavy (non-hydrogen) atoms. The van der Waals surface area contributed by atoms with Crippen molar-refractivity contribution in [2.24, 2.45) is 22.7 Å². The first-order valence-electron chi connectivity index (χ1n) is 18.9. The van der Waals surface area contributed by atoms with Gasteiger partial charge in [0.1, 0.15) is 12.1 Å². The summed E-state index contributed by atoms with van der Waals surface area (Å²) in [5, 5.41) is 11.5. The van der Waals surface area contributed by atoms with Crippen molar-refractivity contribution < 1.29 is 37.1 Å². The number of sulfone groups is 1. The second kappa shape index (κ2) is 15.3. The van der Waals surface area contributed by atoms with Crippen LogP contribution in [0.2, 0.25) is 0 Å². The second-order valence-electron chi connectivity index (χ2n) is 17.9. The number of nitrogens with zero attached hydrogens (tertiary/aromatic N) is 1. The lowest BCUT2D eigenvalue weighted by Gasteiger charge is -2.41. The van der Waals surface area contributed by atoms with Crippen LogP contribution >= 0.6 is 0 Å². The Kier molecular flexibility index (Phi) is 12.3. The van der Waals surface area contributed by atoms with E-state index in [2.05, 4.69) is 35.1 Å². The largest absolute Gasteiger partial charge is 0.383 e. The monoisotopic (exact) mass is 737 g/mol. The van der Waals surface area contributed by atoms with Gasteiger partial charge in [0.15, 0.2) is 9.84 Å². The van der Waals surface area contributed by atoms with Crippen LogP contribution in [0.4, 0.5) is 4.79 Å². The highest BCUT2D eigenvalue weighted by Gasteiger charge is 2.70. The molecule has 0 aromatic rings. The van der Waals surface area contributed by atoms with Gasteiger partial charge in [0.2, 0.25) is 17.6 Å². The number of carbonyl (C=O) groups excluding carboxylic acids is 5. The van der Waals surface area contributed by atoms with Crippen molar-refractivity contribution in [2.45, 2.75) is 154 Å². The van der Waals surface area contributed by atoms with Crippen LogP contribution in [0.25, 0.3) is 0 Å². The predicted molar refractivity (Wildman–Crippen MR) is 194 cm³/mol. The second-order valence-corrected chi connectivity index (χ2v) is 20.5. The van der Waals surface area contributed by atoms with Gasteiger partial charge in [-0.3, -0.25) is 19.2 Å². The Morgan fingerprint density at radius 3 is 2.14 bits per heavy atom. The van der Waals surface area contributed by atoms with Crippen molar-refractivity contribution in [1.29, 1.82) is 0 Å².